The number of aryl methyl sites for hydroxylation is 1. The maximum atomic E-state index is 12.9. The van der Waals surface area contributed by atoms with Crippen LogP contribution in [0.5, 0.6) is 0 Å². The maximum Gasteiger partial charge on any atom is 0.243 e. The minimum absolute atomic E-state index is 0.233. The van der Waals surface area contributed by atoms with Crippen molar-refractivity contribution in [3.63, 3.8) is 0 Å². The molecule has 0 saturated carbocycles. The van der Waals surface area contributed by atoms with Gasteiger partial charge in [-0.15, -0.1) is 0 Å². The number of halogens is 1. The molecule has 0 bridgehead atoms. The van der Waals surface area contributed by atoms with Gasteiger partial charge < -0.3 is 0 Å². The van der Waals surface area contributed by atoms with Gasteiger partial charge in [0.15, 0.2) is 0 Å². The number of sulfonamides is 1. The molecule has 6 heteroatoms. The first-order valence-electron chi connectivity index (χ1n) is 8.47. The second-order valence-electron chi connectivity index (χ2n) is 6.07. The van der Waals surface area contributed by atoms with Gasteiger partial charge in [0.05, 0.1) is 4.90 Å². The molecule has 0 spiro atoms. The molecule has 25 heavy (non-hydrogen) atoms. The van der Waals surface area contributed by atoms with E-state index in [0.717, 1.165) is 34.7 Å². The molecule has 2 aromatic carbocycles. The van der Waals surface area contributed by atoms with Crippen molar-refractivity contribution in [3.8, 4) is 0 Å². The second-order valence-corrected chi connectivity index (χ2v) is 9.73. The van der Waals surface area contributed by atoms with Crippen molar-refractivity contribution in [2.75, 3.05) is 18.8 Å². The first kappa shape index (κ1) is 18.8. The van der Waals surface area contributed by atoms with Gasteiger partial charge in [-0.1, -0.05) is 48.9 Å². The fourth-order valence-electron chi connectivity index (χ4n) is 3.02. The molecular weight excluding hydrogens is 374 g/mol. The van der Waals surface area contributed by atoms with Gasteiger partial charge in [0.1, 0.15) is 0 Å². The third kappa shape index (κ3) is 4.22. The van der Waals surface area contributed by atoms with Crippen LogP contribution in [0.2, 0.25) is 5.02 Å². The molecule has 0 aromatic heterocycles. The van der Waals surface area contributed by atoms with Crippen molar-refractivity contribution in [1.82, 2.24) is 4.31 Å². The lowest BCUT2D eigenvalue weighted by Gasteiger charge is -2.20. The normalized spacial score (nSPS) is 19.5. The van der Waals surface area contributed by atoms with Gasteiger partial charge in [0, 0.05) is 29.1 Å². The zero-order valence-corrected chi connectivity index (χ0v) is 16.6. The van der Waals surface area contributed by atoms with Crippen molar-refractivity contribution in [3.05, 3.63) is 64.7 Å². The SMILES string of the molecule is CCc1ccc(S(=O)(=O)N2CCSC(c3ccccc3Cl)CC2)cc1. The predicted molar refractivity (Wildman–Crippen MR) is 106 cm³/mol. The Morgan fingerprint density at radius 2 is 1.84 bits per heavy atom. The quantitative estimate of drug-likeness (QED) is 0.748. The van der Waals surface area contributed by atoms with Crippen LogP contribution in [0.3, 0.4) is 0 Å². The highest BCUT2D eigenvalue weighted by atomic mass is 35.5. The minimum atomic E-state index is -3.44. The van der Waals surface area contributed by atoms with Gasteiger partial charge in [-0.05, 0) is 42.2 Å². The molecule has 2 aromatic rings. The van der Waals surface area contributed by atoms with E-state index in [2.05, 4.69) is 6.92 Å². The lowest BCUT2D eigenvalue weighted by atomic mass is 10.1. The van der Waals surface area contributed by atoms with E-state index in [-0.39, 0.29) is 5.25 Å². The summed E-state index contributed by atoms with van der Waals surface area (Å²) >= 11 is 8.10. The molecule has 134 valence electrons. The lowest BCUT2D eigenvalue weighted by Crippen LogP contribution is -2.33. The van der Waals surface area contributed by atoms with E-state index in [9.17, 15) is 8.42 Å². The van der Waals surface area contributed by atoms with Crippen molar-refractivity contribution >= 4 is 33.4 Å². The van der Waals surface area contributed by atoms with Gasteiger partial charge in [0.2, 0.25) is 10.0 Å². The van der Waals surface area contributed by atoms with Crippen LogP contribution in [-0.4, -0.2) is 31.6 Å². The smallest absolute Gasteiger partial charge is 0.207 e. The molecule has 3 rings (SSSR count). The summed E-state index contributed by atoms with van der Waals surface area (Å²) in [6.07, 6.45) is 1.67. The van der Waals surface area contributed by atoms with Gasteiger partial charge in [-0.3, -0.25) is 0 Å². The average Bonchev–Trinajstić information content (AvgIpc) is 2.89. The average molecular weight is 396 g/mol. The highest BCUT2D eigenvalue weighted by Crippen LogP contribution is 2.38. The van der Waals surface area contributed by atoms with Crippen LogP contribution in [0.1, 0.15) is 29.7 Å². The van der Waals surface area contributed by atoms with E-state index in [0.29, 0.717) is 18.0 Å². The van der Waals surface area contributed by atoms with Crippen LogP contribution in [0, 0.1) is 0 Å². The zero-order chi connectivity index (χ0) is 17.9. The molecular formula is C19H22ClNO2S2. The Kier molecular flexibility index (Phi) is 6.10. The van der Waals surface area contributed by atoms with Crippen LogP contribution in [0.4, 0.5) is 0 Å². The Hall–Kier alpha value is -1.01. The largest absolute Gasteiger partial charge is 0.243 e. The van der Waals surface area contributed by atoms with Crippen LogP contribution >= 0.6 is 23.4 Å². The van der Waals surface area contributed by atoms with Gasteiger partial charge in [-0.2, -0.15) is 16.1 Å². The summed E-state index contributed by atoms with van der Waals surface area (Å²) in [5.41, 5.74) is 2.24. The monoisotopic (exact) mass is 395 g/mol. The number of thioether (sulfide) groups is 1. The Labute approximate surface area is 159 Å². The molecule has 1 atom stereocenters. The van der Waals surface area contributed by atoms with E-state index >= 15 is 0 Å². The van der Waals surface area contributed by atoms with Crippen molar-refractivity contribution < 1.29 is 8.42 Å². The van der Waals surface area contributed by atoms with Crippen molar-refractivity contribution in [2.45, 2.75) is 29.9 Å². The molecule has 3 nitrogen and oxygen atoms in total. The molecule has 1 aliphatic heterocycles. The first-order valence-corrected chi connectivity index (χ1v) is 11.3. The lowest BCUT2D eigenvalue weighted by molar-refractivity contribution is 0.428. The summed E-state index contributed by atoms with van der Waals surface area (Å²) in [5, 5.41) is 0.989. The Balaban J connectivity index is 1.76. The third-order valence-electron chi connectivity index (χ3n) is 4.52. The first-order chi connectivity index (χ1) is 12.0. The Bertz CT molecular complexity index is 822. The highest BCUT2D eigenvalue weighted by molar-refractivity contribution is 7.99. The van der Waals surface area contributed by atoms with Gasteiger partial charge >= 0.3 is 0 Å². The Morgan fingerprint density at radius 3 is 2.52 bits per heavy atom. The summed E-state index contributed by atoms with van der Waals surface area (Å²) in [5.74, 6) is 0.766. The van der Waals surface area contributed by atoms with Gasteiger partial charge in [-0.25, -0.2) is 8.42 Å². The van der Waals surface area contributed by atoms with E-state index in [1.54, 1.807) is 28.2 Å². The topological polar surface area (TPSA) is 37.4 Å². The molecule has 0 radical (unpaired) electrons. The van der Waals surface area contributed by atoms with E-state index in [4.69, 9.17) is 11.6 Å². The van der Waals surface area contributed by atoms with E-state index in [1.165, 1.54) is 0 Å². The van der Waals surface area contributed by atoms with Crippen LogP contribution in [0.25, 0.3) is 0 Å². The van der Waals surface area contributed by atoms with Crippen LogP contribution in [-0.2, 0) is 16.4 Å². The summed E-state index contributed by atoms with van der Waals surface area (Å²) in [6.45, 7) is 3.11. The molecule has 0 amide bonds. The second kappa shape index (κ2) is 8.12. The van der Waals surface area contributed by atoms with Crippen LogP contribution < -0.4 is 0 Å². The number of rotatable bonds is 4. The van der Waals surface area contributed by atoms with E-state index in [1.807, 2.05) is 36.4 Å². The third-order valence-corrected chi connectivity index (χ3v) is 8.09. The highest BCUT2D eigenvalue weighted by Gasteiger charge is 2.28. The number of hydrogen-bond acceptors (Lipinski definition) is 3. The molecule has 1 fully saturated rings. The summed E-state index contributed by atoms with van der Waals surface area (Å²) < 4.78 is 27.5. The molecule has 0 N–H and O–H groups in total. The van der Waals surface area contributed by atoms with Crippen molar-refractivity contribution in [1.29, 1.82) is 0 Å². The number of benzene rings is 2. The fourth-order valence-corrected chi connectivity index (χ4v) is 6.19. The fraction of sp³-hybridized carbons (Fsp3) is 0.368. The van der Waals surface area contributed by atoms with Gasteiger partial charge in [0.25, 0.3) is 0 Å². The molecule has 1 aliphatic rings. The maximum absolute atomic E-state index is 12.9. The van der Waals surface area contributed by atoms with Crippen LogP contribution in [0.15, 0.2) is 53.4 Å². The molecule has 0 aliphatic carbocycles. The zero-order valence-electron chi connectivity index (χ0n) is 14.2. The molecule has 1 heterocycles. The number of nitrogens with zero attached hydrogens (tertiary/aromatic N) is 1. The molecule has 1 unspecified atom stereocenters. The molecule has 1 saturated heterocycles. The Morgan fingerprint density at radius 1 is 1.12 bits per heavy atom. The minimum Gasteiger partial charge on any atom is -0.207 e. The predicted octanol–water partition coefficient (Wildman–Crippen LogP) is 4.77. The van der Waals surface area contributed by atoms with Crippen molar-refractivity contribution in [2.24, 2.45) is 0 Å². The summed E-state index contributed by atoms with van der Waals surface area (Å²) in [7, 11) is -3.44. The summed E-state index contributed by atoms with van der Waals surface area (Å²) in [6, 6.07) is 15.1. The number of hydrogen-bond donors (Lipinski definition) is 0. The standard InChI is InChI=1S/C19H22ClNO2S2/c1-2-15-7-9-16(10-8-15)25(22,23)21-12-11-19(24-14-13-21)17-5-3-4-6-18(17)20/h3-10,19H,2,11-14H2,1H3. The summed E-state index contributed by atoms with van der Waals surface area (Å²) in [4.78, 5) is 0.380. The van der Waals surface area contributed by atoms with E-state index < -0.39 is 10.0 Å².